The number of pyridine rings is 1. The molecule has 0 aromatic carbocycles. The van der Waals surface area contributed by atoms with Crippen LogP contribution in [0.4, 0.5) is 5.95 Å². The highest BCUT2D eigenvalue weighted by Gasteiger charge is 2.23. The van der Waals surface area contributed by atoms with Crippen molar-refractivity contribution < 1.29 is 14.8 Å². The average molecular weight is 356 g/mol. The summed E-state index contributed by atoms with van der Waals surface area (Å²) in [6.45, 7) is 3.72. The number of carbonyl (C=O) groups is 1. The lowest BCUT2D eigenvalue weighted by Gasteiger charge is -2.08. The van der Waals surface area contributed by atoms with Gasteiger partial charge in [0.1, 0.15) is 0 Å². The van der Waals surface area contributed by atoms with E-state index in [0.29, 0.717) is 5.69 Å². The molecular weight excluding hydrogens is 346 g/mol. The molecule has 0 fully saturated rings. The SMILES string of the molecule is CC(C)c1cc(C(=O)O)cc(-n2nc([N+](=O)[O-])nc2Br)n1. The van der Waals surface area contributed by atoms with Gasteiger partial charge in [0.15, 0.2) is 5.82 Å². The molecule has 21 heavy (non-hydrogen) atoms. The van der Waals surface area contributed by atoms with Crippen LogP contribution in [-0.2, 0) is 0 Å². The van der Waals surface area contributed by atoms with Gasteiger partial charge in [-0.05, 0) is 28.0 Å². The van der Waals surface area contributed by atoms with Crippen molar-refractivity contribution in [3.8, 4) is 5.82 Å². The Labute approximate surface area is 126 Å². The molecule has 0 aliphatic carbocycles. The minimum Gasteiger partial charge on any atom is -0.478 e. The maximum absolute atomic E-state index is 11.2. The lowest BCUT2D eigenvalue weighted by molar-refractivity contribution is -0.394. The quantitative estimate of drug-likeness (QED) is 0.657. The maximum Gasteiger partial charge on any atom is 0.492 e. The predicted molar refractivity (Wildman–Crippen MR) is 74.6 cm³/mol. The van der Waals surface area contributed by atoms with Crippen LogP contribution < -0.4 is 0 Å². The largest absolute Gasteiger partial charge is 0.492 e. The van der Waals surface area contributed by atoms with Crippen LogP contribution in [0.1, 0.15) is 35.8 Å². The van der Waals surface area contributed by atoms with E-state index in [0.717, 1.165) is 4.68 Å². The van der Waals surface area contributed by atoms with Crippen molar-refractivity contribution in [3.05, 3.63) is 38.2 Å². The highest BCUT2D eigenvalue weighted by atomic mass is 79.9. The summed E-state index contributed by atoms with van der Waals surface area (Å²) in [6, 6.07) is 2.73. The molecule has 0 saturated carbocycles. The normalized spacial score (nSPS) is 10.9. The molecule has 2 heterocycles. The Balaban J connectivity index is 2.62. The van der Waals surface area contributed by atoms with E-state index < -0.39 is 16.8 Å². The third kappa shape index (κ3) is 3.05. The molecule has 110 valence electrons. The lowest BCUT2D eigenvalue weighted by atomic mass is 10.1. The zero-order valence-electron chi connectivity index (χ0n) is 11.0. The number of carboxylic acids is 1. The number of aromatic carboxylic acids is 1. The van der Waals surface area contributed by atoms with E-state index in [2.05, 4.69) is 31.0 Å². The van der Waals surface area contributed by atoms with Gasteiger partial charge in [0.05, 0.1) is 5.56 Å². The number of hydrogen-bond donors (Lipinski definition) is 1. The molecule has 0 saturated heterocycles. The van der Waals surface area contributed by atoms with Crippen molar-refractivity contribution in [3.63, 3.8) is 0 Å². The van der Waals surface area contributed by atoms with Gasteiger partial charge in [0.2, 0.25) is 0 Å². The molecule has 0 aliphatic heterocycles. The molecule has 0 unspecified atom stereocenters. The van der Waals surface area contributed by atoms with Crippen LogP contribution in [-0.4, -0.2) is 35.7 Å². The number of nitro groups is 1. The highest BCUT2D eigenvalue weighted by molar-refractivity contribution is 9.10. The van der Waals surface area contributed by atoms with Gasteiger partial charge in [0.25, 0.3) is 4.73 Å². The van der Waals surface area contributed by atoms with Gasteiger partial charge in [-0.3, -0.25) is 0 Å². The van der Waals surface area contributed by atoms with E-state index in [4.69, 9.17) is 5.11 Å². The third-order valence-corrected chi connectivity index (χ3v) is 3.12. The number of carboxylic acid groups (broad SMARTS) is 1. The van der Waals surface area contributed by atoms with Crippen molar-refractivity contribution in [2.45, 2.75) is 19.8 Å². The van der Waals surface area contributed by atoms with Crippen LogP contribution in [0.5, 0.6) is 0 Å². The number of aromatic nitrogens is 4. The Morgan fingerprint density at radius 3 is 2.57 bits per heavy atom. The van der Waals surface area contributed by atoms with Gasteiger partial charge in [-0.1, -0.05) is 13.8 Å². The number of halogens is 1. The molecular formula is C11H10BrN5O4. The number of hydrogen-bond acceptors (Lipinski definition) is 6. The summed E-state index contributed by atoms with van der Waals surface area (Å²) >= 11 is 3.04. The second kappa shape index (κ2) is 5.56. The van der Waals surface area contributed by atoms with E-state index in [-0.39, 0.29) is 22.0 Å². The smallest absolute Gasteiger partial charge is 0.478 e. The van der Waals surface area contributed by atoms with Gasteiger partial charge < -0.3 is 15.2 Å². The van der Waals surface area contributed by atoms with Gasteiger partial charge in [-0.15, -0.1) is 4.68 Å². The van der Waals surface area contributed by atoms with Crippen molar-refractivity contribution in [2.24, 2.45) is 0 Å². The van der Waals surface area contributed by atoms with Crippen LogP contribution in [0.2, 0.25) is 0 Å². The first-order valence-electron chi connectivity index (χ1n) is 5.82. The van der Waals surface area contributed by atoms with Crippen molar-refractivity contribution in [2.75, 3.05) is 0 Å². The third-order valence-electron chi connectivity index (χ3n) is 2.61. The molecule has 2 aromatic rings. The molecule has 0 aliphatic rings. The zero-order chi connectivity index (χ0) is 15.7. The van der Waals surface area contributed by atoms with Crippen LogP contribution in [0, 0.1) is 10.1 Å². The van der Waals surface area contributed by atoms with E-state index in [1.807, 2.05) is 13.8 Å². The van der Waals surface area contributed by atoms with E-state index in [9.17, 15) is 14.9 Å². The Morgan fingerprint density at radius 1 is 1.43 bits per heavy atom. The summed E-state index contributed by atoms with van der Waals surface area (Å²) in [5.41, 5.74) is 0.559. The molecule has 0 bridgehead atoms. The second-order valence-electron chi connectivity index (χ2n) is 4.45. The molecule has 2 rings (SSSR count). The second-order valence-corrected chi connectivity index (χ2v) is 5.16. The zero-order valence-corrected chi connectivity index (χ0v) is 12.6. The van der Waals surface area contributed by atoms with Crippen molar-refractivity contribution >= 4 is 27.8 Å². The van der Waals surface area contributed by atoms with Gasteiger partial charge >= 0.3 is 11.9 Å². The first-order valence-corrected chi connectivity index (χ1v) is 6.61. The van der Waals surface area contributed by atoms with Crippen LogP contribution in [0.25, 0.3) is 5.82 Å². The van der Waals surface area contributed by atoms with E-state index in [1.165, 1.54) is 12.1 Å². The van der Waals surface area contributed by atoms with Gasteiger partial charge in [-0.25, -0.2) is 9.78 Å². The van der Waals surface area contributed by atoms with Crippen molar-refractivity contribution in [1.82, 2.24) is 19.7 Å². The minimum absolute atomic E-state index is 0.0136. The maximum atomic E-state index is 11.2. The summed E-state index contributed by atoms with van der Waals surface area (Å²) < 4.78 is 1.15. The molecule has 1 N–H and O–H groups in total. The monoisotopic (exact) mass is 355 g/mol. The number of nitrogens with zero attached hydrogens (tertiary/aromatic N) is 5. The Hall–Kier alpha value is -2.36. The number of rotatable bonds is 4. The summed E-state index contributed by atoms with van der Waals surface area (Å²) in [5, 5.41) is 23.5. The summed E-state index contributed by atoms with van der Waals surface area (Å²) in [6.07, 6.45) is 0. The molecule has 0 atom stereocenters. The Morgan fingerprint density at radius 2 is 2.10 bits per heavy atom. The van der Waals surface area contributed by atoms with Crippen LogP contribution in [0.3, 0.4) is 0 Å². The highest BCUT2D eigenvalue weighted by Crippen LogP contribution is 2.21. The Bertz CT molecular complexity index is 727. The molecule has 0 amide bonds. The first-order chi connectivity index (χ1) is 9.79. The molecule has 0 spiro atoms. The Kier molecular flexibility index (Phi) is 3.98. The standard InChI is InChI=1S/C11H10BrN5O4/c1-5(2)7-3-6(9(18)19)4-8(13-7)16-10(12)14-11(15-16)17(20)21/h3-5H,1-2H3,(H,18,19). The fraction of sp³-hybridized carbons (Fsp3) is 0.273. The molecule has 9 nitrogen and oxygen atoms in total. The fourth-order valence-electron chi connectivity index (χ4n) is 1.57. The van der Waals surface area contributed by atoms with E-state index >= 15 is 0 Å². The minimum atomic E-state index is -1.12. The summed E-state index contributed by atoms with van der Waals surface area (Å²) in [5.74, 6) is -1.59. The molecule has 2 aromatic heterocycles. The van der Waals surface area contributed by atoms with Gasteiger partial charge in [-0.2, -0.15) is 0 Å². The molecule has 0 radical (unpaired) electrons. The molecule has 10 heteroatoms. The first kappa shape index (κ1) is 15.0. The average Bonchev–Trinajstić information content (AvgIpc) is 2.80. The van der Waals surface area contributed by atoms with E-state index in [1.54, 1.807) is 0 Å². The summed E-state index contributed by atoms with van der Waals surface area (Å²) in [7, 11) is 0. The predicted octanol–water partition coefficient (Wildman–Crippen LogP) is 2.15. The van der Waals surface area contributed by atoms with Crippen molar-refractivity contribution in [1.29, 1.82) is 0 Å². The fourth-order valence-corrected chi connectivity index (χ4v) is 1.99. The van der Waals surface area contributed by atoms with Gasteiger partial charge in [0, 0.05) is 26.7 Å². The summed E-state index contributed by atoms with van der Waals surface area (Å²) in [4.78, 5) is 29.0. The van der Waals surface area contributed by atoms with Crippen LogP contribution in [0.15, 0.2) is 16.9 Å². The van der Waals surface area contributed by atoms with Crippen LogP contribution >= 0.6 is 15.9 Å². The lowest BCUT2D eigenvalue weighted by Crippen LogP contribution is -2.08. The topological polar surface area (TPSA) is 124 Å².